The van der Waals surface area contributed by atoms with Crippen LogP contribution in [0.15, 0.2) is 24.4 Å². The van der Waals surface area contributed by atoms with Gasteiger partial charge >= 0.3 is 0 Å². The van der Waals surface area contributed by atoms with Gasteiger partial charge < -0.3 is 19.9 Å². The molecule has 3 rings (SSSR count). The number of aromatic nitrogens is 3. The van der Waals surface area contributed by atoms with Crippen molar-refractivity contribution in [1.82, 2.24) is 19.9 Å². The van der Waals surface area contributed by atoms with Crippen LogP contribution in [0.4, 0.5) is 5.69 Å². The van der Waals surface area contributed by atoms with Crippen molar-refractivity contribution in [2.75, 3.05) is 32.6 Å². The summed E-state index contributed by atoms with van der Waals surface area (Å²) in [4.78, 5) is 26.6. The summed E-state index contributed by atoms with van der Waals surface area (Å²) in [5.74, 6) is -0.297. The second-order valence-corrected chi connectivity index (χ2v) is 9.25. The number of rotatable bonds is 11. The second-order valence-electron chi connectivity index (χ2n) is 9.25. The second kappa shape index (κ2) is 11.9. The van der Waals surface area contributed by atoms with Gasteiger partial charge in [0.05, 0.1) is 23.7 Å². The fourth-order valence-electron chi connectivity index (χ4n) is 4.31. The van der Waals surface area contributed by atoms with Crippen LogP contribution >= 0.6 is 0 Å². The molecule has 0 radical (unpaired) electrons. The highest BCUT2D eigenvalue weighted by atomic mass is 16.5. The summed E-state index contributed by atoms with van der Waals surface area (Å²) in [7, 11) is 4.10. The molecule has 0 fully saturated rings. The minimum atomic E-state index is -0.398. The number of aromatic amines is 1. The average Bonchev–Trinajstić information content (AvgIpc) is 3.34. The molecule has 0 saturated carbocycles. The number of nitrogens with zero attached hydrogens (tertiary/aromatic N) is 4. The van der Waals surface area contributed by atoms with Crippen LogP contribution in [0.5, 0.6) is 0 Å². The van der Waals surface area contributed by atoms with Gasteiger partial charge in [0, 0.05) is 12.8 Å². The lowest BCUT2D eigenvalue weighted by Crippen LogP contribution is -2.22. The van der Waals surface area contributed by atoms with E-state index in [4.69, 9.17) is 15.0 Å². The van der Waals surface area contributed by atoms with E-state index in [0.29, 0.717) is 24.3 Å². The minimum absolute atomic E-state index is 0.101. The Hall–Kier alpha value is -3.02. The molecule has 0 unspecified atom stereocenters. The molecule has 182 valence electrons. The van der Waals surface area contributed by atoms with Crippen LogP contribution in [-0.2, 0) is 11.3 Å². The molecule has 1 aliphatic carbocycles. The summed E-state index contributed by atoms with van der Waals surface area (Å²) in [6.07, 6.45) is 10.0. The molecule has 0 bridgehead atoms. The summed E-state index contributed by atoms with van der Waals surface area (Å²) in [6, 6.07) is 5.70. The Morgan fingerprint density at radius 1 is 1.29 bits per heavy atom. The normalized spacial score (nSPS) is 15.1. The third-order valence-electron chi connectivity index (χ3n) is 6.76. The lowest BCUT2D eigenvalue weighted by atomic mass is 9.71. The molecular formula is C26H36N6O2. The highest BCUT2D eigenvalue weighted by Gasteiger charge is 2.29. The van der Waals surface area contributed by atoms with Gasteiger partial charge in [0.2, 0.25) is 0 Å². The van der Waals surface area contributed by atoms with Gasteiger partial charge in [-0.05, 0) is 69.4 Å². The predicted molar refractivity (Wildman–Crippen MR) is 133 cm³/mol. The number of anilines is 1. The lowest BCUT2D eigenvalue weighted by Gasteiger charge is -2.35. The van der Waals surface area contributed by atoms with Gasteiger partial charge in [0.15, 0.2) is 11.5 Å². The smallest absolute Gasteiger partial charge is 0.291 e. The van der Waals surface area contributed by atoms with Gasteiger partial charge in [-0.15, -0.1) is 0 Å². The summed E-state index contributed by atoms with van der Waals surface area (Å²) in [5.41, 5.74) is 3.95. The molecular weight excluding hydrogens is 428 g/mol. The van der Waals surface area contributed by atoms with E-state index in [2.05, 4.69) is 40.1 Å². The molecule has 0 atom stereocenters. The van der Waals surface area contributed by atoms with Gasteiger partial charge in [-0.25, -0.2) is 9.97 Å². The number of amides is 1. The molecule has 2 heterocycles. The van der Waals surface area contributed by atoms with Gasteiger partial charge in [0.1, 0.15) is 6.07 Å². The third-order valence-corrected chi connectivity index (χ3v) is 6.76. The largest absolute Gasteiger partial charge is 0.375 e. The Morgan fingerprint density at radius 2 is 2.09 bits per heavy atom. The third kappa shape index (κ3) is 6.52. The molecule has 0 aliphatic heterocycles. The van der Waals surface area contributed by atoms with E-state index in [1.54, 1.807) is 0 Å². The van der Waals surface area contributed by atoms with E-state index in [1.807, 2.05) is 32.3 Å². The molecule has 8 nitrogen and oxygen atoms in total. The Labute approximate surface area is 202 Å². The van der Waals surface area contributed by atoms with E-state index in [1.165, 1.54) is 6.20 Å². The molecule has 34 heavy (non-hydrogen) atoms. The van der Waals surface area contributed by atoms with Crippen molar-refractivity contribution in [1.29, 1.82) is 5.26 Å². The molecule has 2 N–H and O–H groups in total. The van der Waals surface area contributed by atoms with Crippen LogP contribution in [0.1, 0.15) is 80.1 Å². The maximum Gasteiger partial charge on any atom is 0.291 e. The number of allylic oxidation sites excluding steroid dienone is 2. The van der Waals surface area contributed by atoms with Crippen LogP contribution in [0.25, 0.3) is 5.57 Å². The molecule has 2 aromatic rings. The number of nitrogens with one attached hydrogen (secondary N) is 2. The van der Waals surface area contributed by atoms with E-state index >= 15 is 0 Å². The number of carbonyl (C=O) groups is 1. The first-order valence-electron chi connectivity index (χ1n) is 12.1. The monoisotopic (exact) mass is 464 g/mol. The van der Waals surface area contributed by atoms with E-state index in [-0.39, 0.29) is 11.5 Å². The molecule has 0 spiro atoms. The zero-order valence-electron chi connectivity index (χ0n) is 20.8. The Bertz CT molecular complexity index is 1050. The summed E-state index contributed by atoms with van der Waals surface area (Å²) in [6.45, 7) is 6.61. The zero-order valence-corrected chi connectivity index (χ0v) is 20.8. The Kier molecular flexibility index (Phi) is 8.97. The van der Waals surface area contributed by atoms with Gasteiger partial charge in [-0.3, -0.25) is 4.79 Å². The van der Waals surface area contributed by atoms with Gasteiger partial charge in [-0.2, -0.15) is 5.26 Å². The quantitative estimate of drug-likeness (QED) is 0.464. The molecule has 0 aromatic carbocycles. The standard InChI is InChI=1S/C26H36N6O2/c1-5-26(6-2)12-10-19(11-13-26)23-22(31-25(33)24-28-17-21(16-27)30-24)9-8-20(29-23)18-34-15-7-14-32(3)4/h8-10,17H,5-7,11-15,18H2,1-4H3,(H,28,30)(H,31,33). The number of ether oxygens (including phenoxy) is 1. The van der Waals surface area contributed by atoms with Crippen LogP contribution in [-0.4, -0.2) is 53.0 Å². The Balaban J connectivity index is 1.80. The number of H-pyrrole nitrogens is 1. The minimum Gasteiger partial charge on any atom is -0.375 e. The summed E-state index contributed by atoms with van der Waals surface area (Å²) in [5, 5.41) is 11.9. The number of carbonyl (C=O) groups excluding carboxylic acids is 1. The molecule has 1 amide bonds. The van der Waals surface area contributed by atoms with Gasteiger partial charge in [-0.1, -0.05) is 32.8 Å². The fourth-order valence-corrected chi connectivity index (χ4v) is 4.31. The van der Waals surface area contributed by atoms with Crippen LogP contribution < -0.4 is 5.32 Å². The lowest BCUT2D eigenvalue weighted by molar-refractivity contribution is 0.101. The predicted octanol–water partition coefficient (Wildman–Crippen LogP) is 4.77. The Morgan fingerprint density at radius 3 is 2.71 bits per heavy atom. The summed E-state index contributed by atoms with van der Waals surface area (Å²) >= 11 is 0. The van der Waals surface area contributed by atoms with Crippen molar-refractivity contribution in [3.63, 3.8) is 0 Å². The maximum atomic E-state index is 12.8. The topological polar surface area (TPSA) is 107 Å². The fraction of sp³-hybridized carbons (Fsp3) is 0.538. The zero-order chi connectivity index (χ0) is 24.6. The molecule has 2 aromatic heterocycles. The van der Waals surface area contributed by atoms with Crippen LogP contribution in [0.3, 0.4) is 0 Å². The van der Waals surface area contributed by atoms with Gasteiger partial charge in [0.25, 0.3) is 5.91 Å². The van der Waals surface area contributed by atoms with Crippen molar-refractivity contribution in [2.24, 2.45) is 5.41 Å². The number of nitriles is 1. The van der Waals surface area contributed by atoms with Crippen molar-refractivity contribution < 1.29 is 9.53 Å². The average molecular weight is 465 g/mol. The number of pyridine rings is 1. The molecule has 1 aliphatic rings. The van der Waals surface area contributed by atoms with E-state index in [0.717, 1.165) is 62.0 Å². The molecule has 8 heteroatoms. The number of imidazole rings is 1. The van der Waals surface area contributed by atoms with Crippen LogP contribution in [0.2, 0.25) is 0 Å². The van der Waals surface area contributed by atoms with Crippen molar-refractivity contribution in [2.45, 2.75) is 59.0 Å². The molecule has 0 saturated heterocycles. The highest BCUT2D eigenvalue weighted by molar-refractivity contribution is 6.03. The highest BCUT2D eigenvalue weighted by Crippen LogP contribution is 2.44. The SMILES string of the molecule is CCC1(CC)CC=C(c2nc(COCCCN(C)C)ccc2NC(=O)c2nc(C#N)c[nH]2)CC1. The van der Waals surface area contributed by atoms with Crippen molar-refractivity contribution in [3.05, 3.63) is 47.3 Å². The first-order valence-corrected chi connectivity index (χ1v) is 12.1. The van der Waals surface area contributed by atoms with Crippen LogP contribution in [0, 0.1) is 16.7 Å². The maximum absolute atomic E-state index is 12.8. The first kappa shape index (κ1) is 25.6. The van der Waals surface area contributed by atoms with Crippen molar-refractivity contribution in [3.8, 4) is 6.07 Å². The number of hydrogen-bond acceptors (Lipinski definition) is 6. The first-order chi connectivity index (χ1) is 16.4. The number of hydrogen-bond donors (Lipinski definition) is 2. The van der Waals surface area contributed by atoms with E-state index in [9.17, 15) is 4.79 Å². The van der Waals surface area contributed by atoms with E-state index < -0.39 is 5.91 Å². The van der Waals surface area contributed by atoms with Crippen molar-refractivity contribution >= 4 is 17.2 Å². The summed E-state index contributed by atoms with van der Waals surface area (Å²) < 4.78 is 5.84.